The molecule has 3 fully saturated rings. The van der Waals surface area contributed by atoms with Gasteiger partial charge in [0, 0.05) is 25.2 Å². The molecule has 7 heteroatoms. The van der Waals surface area contributed by atoms with Crippen molar-refractivity contribution in [2.45, 2.75) is 44.7 Å². The number of aromatic nitrogens is 2. The van der Waals surface area contributed by atoms with Crippen LogP contribution in [0.25, 0.3) is 0 Å². The number of rotatable bonds is 4. The predicted octanol–water partition coefficient (Wildman–Crippen LogP) is 3.99. The predicted molar refractivity (Wildman–Crippen MR) is 112 cm³/mol. The highest BCUT2D eigenvalue weighted by atomic mass is 35.5. The molecule has 3 aliphatic carbocycles. The average molecular weight is 413 g/mol. The topological polar surface area (TPSA) is 78.4 Å². The van der Waals surface area contributed by atoms with Gasteiger partial charge in [0.2, 0.25) is 5.28 Å². The van der Waals surface area contributed by atoms with Crippen LogP contribution in [0.3, 0.4) is 0 Å². The van der Waals surface area contributed by atoms with Crippen LogP contribution in [0.4, 0.5) is 11.6 Å². The van der Waals surface area contributed by atoms with Crippen LogP contribution in [0.5, 0.6) is 0 Å². The van der Waals surface area contributed by atoms with Crippen molar-refractivity contribution < 1.29 is 9.90 Å². The van der Waals surface area contributed by atoms with Gasteiger partial charge >= 0.3 is 5.97 Å². The number of benzene rings is 1. The van der Waals surface area contributed by atoms with Gasteiger partial charge < -0.3 is 15.3 Å². The van der Waals surface area contributed by atoms with Gasteiger partial charge in [0.1, 0.15) is 11.6 Å². The normalized spacial score (nSPS) is 28.1. The molecule has 0 radical (unpaired) electrons. The molecule has 1 aromatic carbocycles. The fraction of sp³-hybridized carbons (Fsp3) is 0.500. The molecule has 2 N–H and O–H groups in total. The minimum Gasteiger partial charge on any atom is -0.481 e. The highest BCUT2D eigenvalue weighted by molar-refractivity contribution is 6.28. The van der Waals surface area contributed by atoms with E-state index in [9.17, 15) is 9.90 Å². The van der Waals surface area contributed by atoms with Crippen LogP contribution in [-0.2, 0) is 17.8 Å². The van der Waals surface area contributed by atoms with E-state index in [0.717, 1.165) is 51.0 Å². The Kier molecular flexibility index (Phi) is 4.82. The number of anilines is 2. The van der Waals surface area contributed by atoms with E-state index in [0.29, 0.717) is 11.7 Å². The number of nitrogens with zero attached hydrogens (tertiary/aromatic N) is 3. The molecule has 0 unspecified atom stereocenters. The minimum atomic E-state index is -0.704. The van der Waals surface area contributed by atoms with Crippen molar-refractivity contribution in [3.05, 3.63) is 46.7 Å². The molecule has 2 heterocycles. The number of fused-ring (bicyclic) bond motifs is 4. The number of carbonyl (C=O) groups is 1. The first kappa shape index (κ1) is 18.7. The molecule has 0 saturated heterocycles. The molecule has 0 spiro atoms. The van der Waals surface area contributed by atoms with Crippen molar-refractivity contribution in [1.82, 2.24) is 9.97 Å². The third kappa shape index (κ3) is 3.54. The molecule has 6 rings (SSSR count). The van der Waals surface area contributed by atoms with E-state index < -0.39 is 5.97 Å². The Morgan fingerprint density at radius 3 is 2.59 bits per heavy atom. The van der Waals surface area contributed by atoms with E-state index in [1.165, 1.54) is 11.1 Å². The molecule has 0 amide bonds. The van der Waals surface area contributed by atoms with Crippen molar-refractivity contribution >= 4 is 29.2 Å². The number of nitrogens with one attached hydrogen (secondary N) is 1. The van der Waals surface area contributed by atoms with E-state index in [2.05, 4.69) is 44.5 Å². The van der Waals surface area contributed by atoms with Gasteiger partial charge in [-0.3, -0.25) is 4.79 Å². The maximum absolute atomic E-state index is 11.9. The first-order valence-electron chi connectivity index (χ1n) is 10.4. The van der Waals surface area contributed by atoms with Crippen molar-refractivity contribution in [2.24, 2.45) is 17.8 Å². The molecule has 1 aliphatic heterocycles. The summed E-state index contributed by atoms with van der Waals surface area (Å²) in [7, 11) is 0. The van der Waals surface area contributed by atoms with E-state index >= 15 is 0 Å². The molecule has 4 aliphatic rings. The fourth-order valence-electron chi connectivity index (χ4n) is 5.52. The van der Waals surface area contributed by atoms with Crippen LogP contribution in [-0.4, -0.2) is 33.6 Å². The zero-order chi connectivity index (χ0) is 20.0. The summed E-state index contributed by atoms with van der Waals surface area (Å²) in [6, 6.07) is 10.3. The molecule has 2 atom stereocenters. The van der Waals surface area contributed by atoms with Crippen molar-refractivity contribution in [3.63, 3.8) is 0 Å². The lowest BCUT2D eigenvalue weighted by atomic mass is 9.61. The maximum atomic E-state index is 11.9. The van der Waals surface area contributed by atoms with Gasteiger partial charge in [-0.25, -0.2) is 9.97 Å². The van der Waals surface area contributed by atoms with Crippen LogP contribution < -0.4 is 10.2 Å². The number of hydrogen-bond donors (Lipinski definition) is 2. The number of carboxylic acids is 1. The maximum Gasteiger partial charge on any atom is 0.308 e. The second-order valence-electron chi connectivity index (χ2n) is 8.53. The highest BCUT2D eigenvalue weighted by Gasteiger charge is 2.47. The van der Waals surface area contributed by atoms with Gasteiger partial charge in [-0.15, -0.1) is 0 Å². The third-order valence-electron chi connectivity index (χ3n) is 6.96. The van der Waals surface area contributed by atoms with Gasteiger partial charge in [0.05, 0.1) is 5.92 Å². The van der Waals surface area contributed by atoms with E-state index in [4.69, 9.17) is 11.6 Å². The Bertz CT molecular complexity index is 929. The number of aliphatic carboxylic acids is 1. The molecular weight excluding hydrogens is 388 g/mol. The standard InChI is InChI=1S/C22H25ClN4O2/c23-22-25-17(24-20-15-7-5-14(6-8-15)19(20)21(28)29)11-18(26-22)27-10-9-13-3-1-2-4-16(13)12-27/h1-4,11,14-15,19-20H,5-10,12H2,(H,28,29)(H,24,25,26)/t14?,15?,19-,20-/m0/s1. The molecule has 3 saturated carbocycles. The highest BCUT2D eigenvalue weighted by Crippen LogP contribution is 2.46. The molecule has 152 valence electrons. The molecule has 2 aromatic rings. The second-order valence-corrected chi connectivity index (χ2v) is 8.87. The fourth-order valence-corrected chi connectivity index (χ4v) is 5.69. The summed E-state index contributed by atoms with van der Waals surface area (Å²) >= 11 is 6.26. The van der Waals surface area contributed by atoms with E-state index in [-0.39, 0.29) is 23.2 Å². The average Bonchev–Trinajstić information content (AvgIpc) is 2.73. The monoisotopic (exact) mass is 412 g/mol. The summed E-state index contributed by atoms with van der Waals surface area (Å²) < 4.78 is 0. The summed E-state index contributed by atoms with van der Waals surface area (Å²) in [5, 5.41) is 13.4. The quantitative estimate of drug-likeness (QED) is 0.739. The summed E-state index contributed by atoms with van der Waals surface area (Å²) in [6.45, 7) is 1.66. The number of halogens is 1. The van der Waals surface area contributed by atoms with Crippen molar-refractivity contribution in [2.75, 3.05) is 16.8 Å². The largest absolute Gasteiger partial charge is 0.481 e. The van der Waals surface area contributed by atoms with Gasteiger partial charge in [0.15, 0.2) is 0 Å². The zero-order valence-electron chi connectivity index (χ0n) is 16.2. The zero-order valence-corrected chi connectivity index (χ0v) is 17.0. The molecule has 2 bridgehead atoms. The number of hydrogen-bond acceptors (Lipinski definition) is 5. The summed E-state index contributed by atoms with van der Waals surface area (Å²) in [6.07, 6.45) is 5.17. The third-order valence-corrected chi connectivity index (χ3v) is 7.13. The molecule has 1 aromatic heterocycles. The van der Waals surface area contributed by atoms with Gasteiger partial charge in [-0.2, -0.15) is 0 Å². The lowest BCUT2D eigenvalue weighted by Crippen LogP contribution is -2.51. The van der Waals surface area contributed by atoms with Crippen LogP contribution >= 0.6 is 11.6 Å². The van der Waals surface area contributed by atoms with E-state index in [1.807, 2.05) is 6.07 Å². The Morgan fingerprint density at radius 2 is 1.83 bits per heavy atom. The van der Waals surface area contributed by atoms with Crippen LogP contribution in [0.2, 0.25) is 5.28 Å². The van der Waals surface area contributed by atoms with Crippen LogP contribution in [0.1, 0.15) is 36.8 Å². The minimum absolute atomic E-state index is 0.0964. The summed E-state index contributed by atoms with van der Waals surface area (Å²) in [5.41, 5.74) is 2.68. The Labute approximate surface area is 175 Å². The summed E-state index contributed by atoms with van der Waals surface area (Å²) in [4.78, 5) is 23.0. The Balaban J connectivity index is 1.39. The second kappa shape index (κ2) is 7.48. The SMILES string of the molecule is O=C(O)[C@H]1C2CCC(CC2)[C@@H]1Nc1cc(N2CCc3ccccc3C2)nc(Cl)n1. The first-order chi connectivity index (χ1) is 14.1. The molecular formula is C22H25ClN4O2. The van der Waals surface area contributed by atoms with Crippen molar-refractivity contribution in [1.29, 1.82) is 0 Å². The number of carboxylic acid groups (broad SMARTS) is 1. The van der Waals surface area contributed by atoms with Crippen molar-refractivity contribution in [3.8, 4) is 0 Å². The molecule has 6 nitrogen and oxygen atoms in total. The lowest BCUT2D eigenvalue weighted by Gasteiger charge is -2.47. The van der Waals surface area contributed by atoms with Crippen LogP contribution in [0.15, 0.2) is 30.3 Å². The Hall–Kier alpha value is -2.34. The first-order valence-corrected chi connectivity index (χ1v) is 10.8. The smallest absolute Gasteiger partial charge is 0.308 e. The van der Waals surface area contributed by atoms with Gasteiger partial charge in [-0.1, -0.05) is 24.3 Å². The van der Waals surface area contributed by atoms with Gasteiger partial charge in [0.25, 0.3) is 0 Å². The molecule has 29 heavy (non-hydrogen) atoms. The van der Waals surface area contributed by atoms with E-state index in [1.54, 1.807) is 0 Å². The van der Waals surface area contributed by atoms with Crippen LogP contribution in [0, 0.1) is 17.8 Å². The van der Waals surface area contributed by atoms with Gasteiger partial charge in [-0.05, 0) is 66.7 Å². The summed E-state index contributed by atoms with van der Waals surface area (Å²) in [5.74, 6) is 0.981. The Morgan fingerprint density at radius 1 is 1.10 bits per heavy atom. The lowest BCUT2D eigenvalue weighted by molar-refractivity contribution is -0.148.